The Morgan fingerprint density at radius 3 is 2.04 bits per heavy atom. The van der Waals surface area contributed by atoms with Crippen LogP contribution in [0.1, 0.15) is 59.6 Å². The zero-order valence-corrected chi connectivity index (χ0v) is 17.6. The van der Waals surface area contributed by atoms with E-state index in [4.69, 9.17) is 19.9 Å². The summed E-state index contributed by atoms with van der Waals surface area (Å²) in [6, 6.07) is 4.15. The zero-order valence-electron chi connectivity index (χ0n) is 17.6. The lowest BCUT2D eigenvalue weighted by Gasteiger charge is -2.30. The van der Waals surface area contributed by atoms with E-state index in [0.717, 1.165) is 22.4 Å². The van der Waals surface area contributed by atoms with Crippen LogP contribution in [0.15, 0.2) is 12.1 Å². The van der Waals surface area contributed by atoms with Crippen molar-refractivity contribution >= 4 is 5.95 Å². The normalized spacial score (nSPS) is 13.6. The molecule has 3 N–H and O–H groups in total. The first kappa shape index (κ1) is 21.2. The maximum absolute atomic E-state index is 6.12. The highest BCUT2D eigenvalue weighted by atomic mass is 16.7. The van der Waals surface area contributed by atoms with Gasteiger partial charge < -0.3 is 19.9 Å². The van der Waals surface area contributed by atoms with Crippen molar-refractivity contribution in [3.05, 3.63) is 23.3 Å². The lowest BCUT2D eigenvalue weighted by atomic mass is 9.78. The molecule has 0 fully saturated rings. The summed E-state index contributed by atoms with van der Waals surface area (Å²) in [7, 11) is 1.60. The number of anilines is 1. The standard InChI is InChI=1S/C20H32N4O3/c1-12(25-8)26-11-27-16-14(19(2,3)4)9-13(10-15(16)20(5,6)7)17-22-18(21)24-23-17/h9-10,12H,11H2,1-8H3,(H3,21,22,23,24). The van der Waals surface area contributed by atoms with Gasteiger partial charge in [0.05, 0.1) is 0 Å². The van der Waals surface area contributed by atoms with Gasteiger partial charge in [0.1, 0.15) is 5.75 Å². The van der Waals surface area contributed by atoms with Crippen LogP contribution in [0, 0.1) is 0 Å². The van der Waals surface area contributed by atoms with Gasteiger partial charge in [-0.05, 0) is 29.9 Å². The number of nitrogens with one attached hydrogen (secondary N) is 1. The third-order valence-corrected chi connectivity index (χ3v) is 4.32. The number of aromatic nitrogens is 3. The van der Waals surface area contributed by atoms with Crippen LogP contribution in [0.3, 0.4) is 0 Å². The van der Waals surface area contributed by atoms with Crippen LogP contribution < -0.4 is 10.5 Å². The highest BCUT2D eigenvalue weighted by Crippen LogP contribution is 2.42. The number of hydrogen-bond donors (Lipinski definition) is 2. The molecule has 1 aromatic heterocycles. The fourth-order valence-corrected chi connectivity index (χ4v) is 2.70. The minimum absolute atomic E-state index is 0.107. The van der Waals surface area contributed by atoms with E-state index in [2.05, 4.69) is 68.9 Å². The first-order chi connectivity index (χ1) is 12.4. The Labute approximate surface area is 161 Å². The van der Waals surface area contributed by atoms with E-state index in [-0.39, 0.29) is 29.9 Å². The molecule has 150 valence electrons. The van der Waals surface area contributed by atoms with Gasteiger partial charge in [-0.1, -0.05) is 41.5 Å². The van der Waals surface area contributed by atoms with Crippen LogP contribution in [0.4, 0.5) is 5.95 Å². The Bertz CT molecular complexity index is 737. The second kappa shape index (κ2) is 7.86. The van der Waals surface area contributed by atoms with Gasteiger partial charge in [0.2, 0.25) is 5.95 Å². The summed E-state index contributed by atoms with van der Waals surface area (Å²) in [4.78, 5) is 4.28. The second-order valence-electron chi connectivity index (χ2n) is 8.67. The molecule has 1 atom stereocenters. The van der Waals surface area contributed by atoms with Crippen molar-refractivity contribution < 1.29 is 14.2 Å². The molecule has 0 amide bonds. The largest absolute Gasteiger partial charge is 0.467 e. The highest BCUT2D eigenvalue weighted by molar-refractivity contribution is 5.64. The fourth-order valence-electron chi connectivity index (χ4n) is 2.70. The van der Waals surface area contributed by atoms with E-state index >= 15 is 0 Å². The van der Waals surface area contributed by atoms with Crippen LogP contribution in [0.5, 0.6) is 5.75 Å². The molecular weight excluding hydrogens is 344 g/mol. The predicted octanol–water partition coefficient (Wildman–Crippen LogP) is 3.99. The first-order valence-corrected chi connectivity index (χ1v) is 9.08. The van der Waals surface area contributed by atoms with Gasteiger partial charge in [-0.2, -0.15) is 4.98 Å². The van der Waals surface area contributed by atoms with Crippen LogP contribution in [-0.4, -0.2) is 35.4 Å². The van der Waals surface area contributed by atoms with Gasteiger partial charge in [-0.3, -0.25) is 5.10 Å². The number of nitrogen functional groups attached to an aromatic ring is 1. The lowest BCUT2D eigenvalue weighted by molar-refractivity contribution is -0.150. The topological polar surface area (TPSA) is 95.3 Å². The predicted molar refractivity (Wildman–Crippen MR) is 107 cm³/mol. The molecule has 0 saturated carbocycles. The van der Waals surface area contributed by atoms with Crippen molar-refractivity contribution in [2.75, 3.05) is 19.6 Å². The van der Waals surface area contributed by atoms with Crippen molar-refractivity contribution in [2.45, 2.75) is 65.6 Å². The Balaban J connectivity index is 2.57. The summed E-state index contributed by atoms with van der Waals surface area (Å²) in [5.74, 6) is 1.69. The first-order valence-electron chi connectivity index (χ1n) is 9.08. The Kier molecular flexibility index (Phi) is 6.17. The van der Waals surface area contributed by atoms with Gasteiger partial charge in [-0.15, -0.1) is 5.10 Å². The van der Waals surface area contributed by atoms with Crippen LogP contribution >= 0.6 is 0 Å². The maximum Gasteiger partial charge on any atom is 0.239 e. The van der Waals surface area contributed by atoms with Gasteiger partial charge >= 0.3 is 0 Å². The van der Waals surface area contributed by atoms with Crippen molar-refractivity contribution in [1.82, 2.24) is 15.2 Å². The summed E-state index contributed by atoms with van der Waals surface area (Å²) < 4.78 is 16.8. The second-order valence-corrected chi connectivity index (χ2v) is 8.67. The summed E-state index contributed by atoms with van der Waals surface area (Å²) in [5.41, 5.74) is 8.45. The Morgan fingerprint density at radius 1 is 1.07 bits per heavy atom. The third-order valence-electron chi connectivity index (χ3n) is 4.32. The van der Waals surface area contributed by atoms with Crippen molar-refractivity contribution in [2.24, 2.45) is 0 Å². The number of nitrogens with two attached hydrogens (primary N) is 1. The molecule has 0 saturated heterocycles. The van der Waals surface area contributed by atoms with Crippen LogP contribution in [0.25, 0.3) is 11.4 Å². The minimum Gasteiger partial charge on any atom is -0.467 e. The minimum atomic E-state index is -0.336. The smallest absolute Gasteiger partial charge is 0.239 e. The SMILES string of the molecule is COC(C)OCOc1c(C(C)(C)C)cc(-c2nc(N)n[nH]2)cc1C(C)(C)C. The zero-order chi connectivity index (χ0) is 20.4. The average Bonchev–Trinajstić information content (AvgIpc) is 2.99. The van der Waals surface area contributed by atoms with Gasteiger partial charge in [0.15, 0.2) is 18.9 Å². The van der Waals surface area contributed by atoms with Crippen molar-refractivity contribution in [1.29, 1.82) is 0 Å². The number of hydrogen-bond acceptors (Lipinski definition) is 6. The van der Waals surface area contributed by atoms with E-state index < -0.39 is 0 Å². The molecule has 0 spiro atoms. The highest BCUT2D eigenvalue weighted by Gasteiger charge is 2.29. The summed E-state index contributed by atoms with van der Waals surface area (Å²) >= 11 is 0. The average molecular weight is 377 g/mol. The molecular formula is C20H32N4O3. The number of benzene rings is 1. The van der Waals surface area contributed by atoms with Gasteiger partial charge in [0, 0.05) is 23.8 Å². The molecule has 7 nitrogen and oxygen atoms in total. The number of nitrogens with zero attached hydrogens (tertiary/aromatic N) is 2. The monoisotopic (exact) mass is 376 g/mol. The number of rotatable bonds is 6. The molecule has 0 aliphatic rings. The molecule has 0 aliphatic heterocycles. The number of aromatic amines is 1. The molecule has 1 unspecified atom stereocenters. The molecule has 2 rings (SSSR count). The maximum atomic E-state index is 6.12. The summed E-state index contributed by atoms with van der Waals surface area (Å²) in [6.07, 6.45) is -0.336. The molecule has 1 heterocycles. The van der Waals surface area contributed by atoms with E-state index in [1.165, 1.54) is 0 Å². The number of ether oxygens (including phenoxy) is 3. The number of H-pyrrole nitrogens is 1. The Hall–Kier alpha value is -2.12. The Morgan fingerprint density at radius 2 is 1.63 bits per heavy atom. The van der Waals surface area contributed by atoms with Gasteiger partial charge in [0.25, 0.3) is 0 Å². The molecule has 0 aliphatic carbocycles. The molecule has 0 radical (unpaired) electrons. The van der Waals surface area contributed by atoms with Crippen LogP contribution in [0.2, 0.25) is 0 Å². The summed E-state index contributed by atoms with van der Waals surface area (Å²) in [6.45, 7) is 14.8. The molecule has 2 aromatic rings. The van der Waals surface area contributed by atoms with Crippen LogP contribution in [-0.2, 0) is 20.3 Å². The van der Waals surface area contributed by atoms with E-state index in [1.54, 1.807) is 7.11 Å². The van der Waals surface area contributed by atoms with E-state index in [1.807, 2.05) is 6.92 Å². The quantitative estimate of drug-likeness (QED) is 0.740. The number of methoxy groups -OCH3 is 1. The third kappa shape index (κ3) is 5.20. The van der Waals surface area contributed by atoms with Crippen molar-refractivity contribution in [3.63, 3.8) is 0 Å². The van der Waals surface area contributed by atoms with Crippen molar-refractivity contribution in [3.8, 4) is 17.1 Å². The molecule has 0 bridgehead atoms. The van der Waals surface area contributed by atoms with Gasteiger partial charge in [-0.25, -0.2) is 0 Å². The molecule has 1 aromatic carbocycles. The fraction of sp³-hybridized carbons (Fsp3) is 0.600. The van der Waals surface area contributed by atoms with E-state index in [9.17, 15) is 0 Å². The molecule has 27 heavy (non-hydrogen) atoms. The van der Waals surface area contributed by atoms with E-state index in [0.29, 0.717) is 5.82 Å². The lowest BCUT2D eigenvalue weighted by Crippen LogP contribution is -2.22. The summed E-state index contributed by atoms with van der Waals surface area (Å²) in [5, 5.41) is 6.85. The molecule has 7 heteroatoms.